The topological polar surface area (TPSA) is 67.4 Å². The van der Waals surface area contributed by atoms with Crippen LogP contribution in [0.2, 0.25) is 0 Å². The van der Waals surface area contributed by atoms with Gasteiger partial charge in [0.2, 0.25) is 0 Å². The minimum atomic E-state index is 0.609. The third-order valence-electron chi connectivity index (χ3n) is 1.81. The molecular weight excluding hydrogens is 230 g/mol. The number of hydrogen-bond donors (Lipinski definition) is 0. The molecule has 0 saturated carbocycles. The standard InChI is InChI=1S/C8H7N5S2/c1-5-6(3-9)7(13(2)12-5)14-8-10-4-11-15-8/h4H,1-2H3. The summed E-state index contributed by atoms with van der Waals surface area (Å²) in [5.74, 6) is 0. The number of nitrogens with zero attached hydrogens (tertiary/aromatic N) is 5. The first-order chi connectivity index (χ1) is 7.22. The Bertz CT molecular complexity index is 508. The van der Waals surface area contributed by atoms with E-state index in [2.05, 4.69) is 20.5 Å². The van der Waals surface area contributed by atoms with Gasteiger partial charge in [0.15, 0.2) is 4.34 Å². The Morgan fingerprint density at radius 1 is 1.60 bits per heavy atom. The molecule has 0 aromatic carbocycles. The van der Waals surface area contributed by atoms with E-state index in [1.54, 1.807) is 4.68 Å². The van der Waals surface area contributed by atoms with Crippen LogP contribution in [0.1, 0.15) is 11.3 Å². The second-order valence-electron chi connectivity index (χ2n) is 2.81. The lowest BCUT2D eigenvalue weighted by atomic mass is 10.3. The van der Waals surface area contributed by atoms with Crippen LogP contribution >= 0.6 is 23.3 Å². The van der Waals surface area contributed by atoms with E-state index in [0.29, 0.717) is 5.56 Å². The monoisotopic (exact) mass is 237 g/mol. The van der Waals surface area contributed by atoms with Crippen molar-refractivity contribution in [3.63, 3.8) is 0 Å². The molecule has 0 aliphatic carbocycles. The summed E-state index contributed by atoms with van der Waals surface area (Å²) in [7, 11) is 1.82. The van der Waals surface area contributed by atoms with Crippen LogP contribution in [-0.4, -0.2) is 19.1 Å². The summed E-state index contributed by atoms with van der Waals surface area (Å²) in [5, 5.41) is 14.0. The first kappa shape index (κ1) is 10.1. The summed E-state index contributed by atoms with van der Waals surface area (Å²) in [5.41, 5.74) is 1.35. The van der Waals surface area contributed by atoms with Crippen molar-refractivity contribution in [2.45, 2.75) is 16.3 Å². The number of hydrogen-bond acceptors (Lipinski definition) is 6. The second-order valence-corrected chi connectivity index (χ2v) is 4.83. The fourth-order valence-electron chi connectivity index (χ4n) is 1.17. The van der Waals surface area contributed by atoms with Gasteiger partial charge in [-0.05, 0) is 30.2 Å². The highest BCUT2D eigenvalue weighted by molar-refractivity contribution is 8.01. The van der Waals surface area contributed by atoms with Gasteiger partial charge in [-0.2, -0.15) is 14.7 Å². The van der Waals surface area contributed by atoms with Gasteiger partial charge in [-0.3, -0.25) is 4.68 Å². The van der Waals surface area contributed by atoms with Crippen molar-refractivity contribution in [3.05, 3.63) is 17.6 Å². The van der Waals surface area contributed by atoms with Crippen LogP contribution in [0.25, 0.3) is 0 Å². The van der Waals surface area contributed by atoms with Crippen molar-refractivity contribution in [1.82, 2.24) is 19.1 Å². The molecule has 0 amide bonds. The largest absolute Gasteiger partial charge is 0.260 e. The summed E-state index contributed by atoms with van der Waals surface area (Å²) in [6, 6.07) is 2.15. The van der Waals surface area contributed by atoms with Crippen LogP contribution < -0.4 is 0 Å². The zero-order chi connectivity index (χ0) is 10.8. The molecule has 0 aliphatic heterocycles. The Hall–Kier alpha value is -1.39. The highest BCUT2D eigenvalue weighted by Crippen LogP contribution is 2.31. The average molecular weight is 237 g/mol. The first-order valence-corrected chi connectivity index (χ1v) is 5.69. The van der Waals surface area contributed by atoms with Crippen molar-refractivity contribution in [3.8, 4) is 6.07 Å². The summed E-state index contributed by atoms with van der Waals surface area (Å²) in [6.45, 7) is 1.82. The summed E-state index contributed by atoms with van der Waals surface area (Å²) < 4.78 is 6.42. The van der Waals surface area contributed by atoms with Crippen molar-refractivity contribution in [1.29, 1.82) is 5.26 Å². The zero-order valence-electron chi connectivity index (χ0n) is 8.13. The van der Waals surface area contributed by atoms with Gasteiger partial charge in [0, 0.05) is 7.05 Å². The molecule has 5 nitrogen and oxygen atoms in total. The number of aryl methyl sites for hydroxylation is 2. The van der Waals surface area contributed by atoms with Crippen molar-refractivity contribution >= 4 is 23.3 Å². The second kappa shape index (κ2) is 4.00. The molecule has 7 heteroatoms. The predicted octanol–water partition coefficient (Wildman–Crippen LogP) is 1.60. The third-order valence-corrected chi connectivity index (χ3v) is 3.68. The SMILES string of the molecule is Cc1nn(C)c(Sc2ncns2)c1C#N. The van der Waals surface area contributed by atoms with Crippen LogP contribution in [0.3, 0.4) is 0 Å². The van der Waals surface area contributed by atoms with E-state index in [-0.39, 0.29) is 0 Å². The first-order valence-electron chi connectivity index (χ1n) is 4.10. The fourth-order valence-corrected chi connectivity index (χ4v) is 2.70. The minimum absolute atomic E-state index is 0.609. The molecule has 0 saturated heterocycles. The molecule has 2 aromatic rings. The fraction of sp³-hybridized carbons (Fsp3) is 0.250. The molecule has 0 bridgehead atoms. The lowest BCUT2D eigenvalue weighted by Crippen LogP contribution is -1.92. The summed E-state index contributed by atoms with van der Waals surface area (Å²) >= 11 is 2.72. The molecule has 2 rings (SSSR count). The molecule has 0 N–H and O–H groups in total. The van der Waals surface area contributed by atoms with E-state index in [1.165, 1.54) is 29.6 Å². The summed E-state index contributed by atoms with van der Waals surface area (Å²) in [4.78, 5) is 4.06. The Labute approximate surface area is 94.9 Å². The number of aromatic nitrogens is 4. The molecular formula is C8H7N5S2. The Morgan fingerprint density at radius 3 is 3.00 bits per heavy atom. The normalized spacial score (nSPS) is 10.2. The highest BCUT2D eigenvalue weighted by Gasteiger charge is 2.15. The predicted molar refractivity (Wildman–Crippen MR) is 56.7 cm³/mol. The van der Waals surface area contributed by atoms with Crippen molar-refractivity contribution in [2.75, 3.05) is 0 Å². The molecule has 0 radical (unpaired) electrons. The van der Waals surface area contributed by atoms with Crippen LogP contribution in [0.5, 0.6) is 0 Å². The van der Waals surface area contributed by atoms with Crippen LogP contribution in [0, 0.1) is 18.3 Å². The van der Waals surface area contributed by atoms with Gasteiger partial charge in [-0.15, -0.1) is 0 Å². The van der Waals surface area contributed by atoms with Gasteiger partial charge in [0.05, 0.1) is 5.69 Å². The van der Waals surface area contributed by atoms with Crippen LogP contribution in [-0.2, 0) is 7.05 Å². The van der Waals surface area contributed by atoms with Gasteiger partial charge in [0.25, 0.3) is 0 Å². The molecule has 0 unspecified atom stereocenters. The molecule has 0 spiro atoms. The van der Waals surface area contributed by atoms with E-state index < -0.39 is 0 Å². The van der Waals surface area contributed by atoms with E-state index in [0.717, 1.165) is 15.1 Å². The van der Waals surface area contributed by atoms with Crippen LogP contribution in [0.4, 0.5) is 0 Å². The molecule has 0 aliphatic rings. The molecule has 0 fully saturated rings. The van der Waals surface area contributed by atoms with E-state index >= 15 is 0 Å². The Morgan fingerprint density at radius 2 is 2.40 bits per heavy atom. The smallest absolute Gasteiger partial charge is 0.176 e. The molecule has 76 valence electrons. The lowest BCUT2D eigenvalue weighted by molar-refractivity contribution is 0.691. The number of nitriles is 1. The molecule has 15 heavy (non-hydrogen) atoms. The highest BCUT2D eigenvalue weighted by atomic mass is 32.2. The maximum Gasteiger partial charge on any atom is 0.176 e. The van der Waals surface area contributed by atoms with Gasteiger partial charge < -0.3 is 0 Å². The van der Waals surface area contributed by atoms with E-state index in [1.807, 2.05) is 14.0 Å². The van der Waals surface area contributed by atoms with Crippen molar-refractivity contribution in [2.24, 2.45) is 7.05 Å². The molecule has 0 atom stereocenters. The van der Waals surface area contributed by atoms with Gasteiger partial charge in [-0.25, -0.2) is 4.98 Å². The van der Waals surface area contributed by atoms with E-state index in [9.17, 15) is 0 Å². The quantitative estimate of drug-likeness (QED) is 0.793. The molecule has 2 heterocycles. The van der Waals surface area contributed by atoms with Crippen LogP contribution in [0.15, 0.2) is 15.7 Å². The maximum atomic E-state index is 8.99. The Kier molecular flexibility index (Phi) is 2.70. The average Bonchev–Trinajstić information content (AvgIpc) is 2.77. The van der Waals surface area contributed by atoms with Gasteiger partial charge >= 0.3 is 0 Å². The minimum Gasteiger partial charge on any atom is -0.260 e. The third kappa shape index (κ3) is 1.86. The zero-order valence-corrected chi connectivity index (χ0v) is 9.76. The summed E-state index contributed by atoms with van der Waals surface area (Å²) in [6.07, 6.45) is 1.50. The maximum absolute atomic E-state index is 8.99. The van der Waals surface area contributed by atoms with E-state index in [4.69, 9.17) is 5.26 Å². The number of rotatable bonds is 2. The van der Waals surface area contributed by atoms with Crippen molar-refractivity contribution < 1.29 is 0 Å². The van der Waals surface area contributed by atoms with Gasteiger partial charge in [0.1, 0.15) is 23.0 Å². The Balaban J connectivity index is 2.40. The molecule has 2 aromatic heterocycles. The lowest BCUT2D eigenvalue weighted by Gasteiger charge is -1.97. The van der Waals surface area contributed by atoms with Gasteiger partial charge in [-0.1, -0.05) is 0 Å².